The molecule has 1 heterocycles. The van der Waals surface area contributed by atoms with E-state index in [0.717, 1.165) is 12.8 Å². The van der Waals surface area contributed by atoms with Crippen LogP contribution in [0.4, 0.5) is 0 Å². The van der Waals surface area contributed by atoms with Crippen molar-refractivity contribution in [1.29, 1.82) is 0 Å². The number of hydrogen-bond acceptors (Lipinski definition) is 3. The summed E-state index contributed by atoms with van der Waals surface area (Å²) in [6.07, 6.45) is 1.76. The fraction of sp³-hybridized carbons (Fsp3) is 0.316. The predicted molar refractivity (Wildman–Crippen MR) is 93.9 cm³/mol. The lowest BCUT2D eigenvalue weighted by molar-refractivity contribution is 0.0936. The second-order valence-electron chi connectivity index (χ2n) is 5.88. The molecule has 2 aromatic rings. The summed E-state index contributed by atoms with van der Waals surface area (Å²) in [7, 11) is 0. The molecule has 1 aromatic carbocycles. The van der Waals surface area contributed by atoms with Gasteiger partial charge in [-0.15, -0.1) is 0 Å². The van der Waals surface area contributed by atoms with Crippen molar-refractivity contribution >= 4 is 11.8 Å². The van der Waals surface area contributed by atoms with E-state index >= 15 is 0 Å². The van der Waals surface area contributed by atoms with E-state index in [2.05, 4.69) is 27.8 Å². The van der Waals surface area contributed by atoms with Crippen LogP contribution in [0.25, 0.3) is 0 Å². The molecule has 2 rings (SSSR count). The summed E-state index contributed by atoms with van der Waals surface area (Å²) in [4.78, 5) is 28.2. The van der Waals surface area contributed by atoms with Gasteiger partial charge in [0.05, 0.1) is 0 Å². The van der Waals surface area contributed by atoms with Gasteiger partial charge >= 0.3 is 0 Å². The number of carbonyl (C=O) groups excluding carboxylic acids is 2. The molecule has 0 spiro atoms. The molecule has 5 heteroatoms. The van der Waals surface area contributed by atoms with Crippen molar-refractivity contribution in [2.24, 2.45) is 0 Å². The van der Waals surface area contributed by atoms with E-state index in [9.17, 15) is 9.59 Å². The topological polar surface area (TPSA) is 71.1 Å². The van der Waals surface area contributed by atoms with Gasteiger partial charge in [0.1, 0.15) is 11.4 Å². The van der Waals surface area contributed by atoms with Crippen LogP contribution >= 0.6 is 0 Å². The first-order chi connectivity index (χ1) is 11.6. The third kappa shape index (κ3) is 5.50. The molecule has 2 N–H and O–H groups in total. The second-order valence-corrected chi connectivity index (χ2v) is 5.88. The number of benzene rings is 1. The van der Waals surface area contributed by atoms with E-state index in [1.165, 1.54) is 5.56 Å². The van der Waals surface area contributed by atoms with Crippen LogP contribution in [0, 0.1) is 0 Å². The molecular formula is C19H23N3O2. The standard InChI is InChI=1S/C19H23N3O2/c1-14(2)21-19(24)17-12-6-11-16(22-17)18(23)20-13-7-10-15-8-4-3-5-9-15/h3-6,8-9,11-12,14H,7,10,13H2,1-2H3,(H,20,23)(H,21,24). The molecule has 0 saturated carbocycles. The van der Waals surface area contributed by atoms with Crippen molar-refractivity contribution in [2.45, 2.75) is 32.7 Å². The Morgan fingerprint density at radius 3 is 2.29 bits per heavy atom. The number of nitrogens with one attached hydrogen (secondary N) is 2. The van der Waals surface area contributed by atoms with E-state index in [1.54, 1.807) is 18.2 Å². The van der Waals surface area contributed by atoms with Crippen LogP contribution < -0.4 is 10.6 Å². The molecule has 0 aliphatic carbocycles. The molecule has 126 valence electrons. The summed E-state index contributed by atoms with van der Waals surface area (Å²) in [5.74, 6) is -0.536. The second kappa shape index (κ2) is 8.82. The van der Waals surface area contributed by atoms with Crippen molar-refractivity contribution in [1.82, 2.24) is 15.6 Å². The largest absolute Gasteiger partial charge is 0.351 e. The van der Waals surface area contributed by atoms with Crippen LogP contribution in [0.2, 0.25) is 0 Å². The van der Waals surface area contributed by atoms with Gasteiger partial charge < -0.3 is 10.6 Å². The van der Waals surface area contributed by atoms with E-state index in [1.807, 2.05) is 32.0 Å². The van der Waals surface area contributed by atoms with Crippen molar-refractivity contribution in [3.05, 3.63) is 65.5 Å². The van der Waals surface area contributed by atoms with Gasteiger partial charge in [-0.1, -0.05) is 36.4 Å². The predicted octanol–water partition coefficient (Wildman–Crippen LogP) is 2.58. The number of nitrogens with zero attached hydrogens (tertiary/aromatic N) is 1. The first kappa shape index (κ1) is 17.7. The molecular weight excluding hydrogens is 302 g/mol. The minimum absolute atomic E-state index is 0.0229. The Balaban J connectivity index is 1.85. The zero-order valence-electron chi connectivity index (χ0n) is 14.1. The average Bonchev–Trinajstić information content (AvgIpc) is 2.59. The number of carbonyl (C=O) groups is 2. The maximum atomic E-state index is 12.1. The van der Waals surface area contributed by atoms with Crippen molar-refractivity contribution in [2.75, 3.05) is 6.54 Å². The Morgan fingerprint density at radius 1 is 0.958 bits per heavy atom. The molecule has 24 heavy (non-hydrogen) atoms. The summed E-state index contributed by atoms with van der Waals surface area (Å²) in [5, 5.41) is 5.61. The fourth-order valence-corrected chi connectivity index (χ4v) is 2.25. The zero-order chi connectivity index (χ0) is 17.4. The number of aryl methyl sites for hydroxylation is 1. The normalized spacial score (nSPS) is 10.5. The van der Waals surface area contributed by atoms with Gasteiger partial charge in [0, 0.05) is 12.6 Å². The summed E-state index contributed by atoms with van der Waals surface area (Å²) in [5.41, 5.74) is 1.75. The quantitative estimate of drug-likeness (QED) is 0.769. The van der Waals surface area contributed by atoms with E-state index in [4.69, 9.17) is 0 Å². The fourth-order valence-electron chi connectivity index (χ4n) is 2.25. The highest BCUT2D eigenvalue weighted by Crippen LogP contribution is 2.03. The Labute approximate surface area is 142 Å². The molecule has 0 radical (unpaired) electrons. The third-order valence-electron chi connectivity index (χ3n) is 3.40. The maximum Gasteiger partial charge on any atom is 0.270 e. The molecule has 0 aliphatic rings. The van der Waals surface area contributed by atoms with Gasteiger partial charge in [-0.2, -0.15) is 0 Å². The Bertz CT molecular complexity index is 684. The lowest BCUT2D eigenvalue weighted by atomic mass is 10.1. The van der Waals surface area contributed by atoms with Crippen molar-refractivity contribution < 1.29 is 9.59 Å². The monoisotopic (exact) mass is 325 g/mol. The van der Waals surface area contributed by atoms with Crippen LogP contribution in [-0.2, 0) is 6.42 Å². The molecule has 0 unspecified atom stereocenters. The highest BCUT2D eigenvalue weighted by Gasteiger charge is 2.12. The van der Waals surface area contributed by atoms with Gasteiger partial charge in [0.2, 0.25) is 0 Å². The Morgan fingerprint density at radius 2 is 1.62 bits per heavy atom. The van der Waals surface area contributed by atoms with Crippen LogP contribution in [0.5, 0.6) is 0 Å². The van der Waals surface area contributed by atoms with Gasteiger partial charge in [-0.05, 0) is 44.4 Å². The van der Waals surface area contributed by atoms with Crippen molar-refractivity contribution in [3.63, 3.8) is 0 Å². The molecule has 0 bridgehead atoms. The van der Waals surface area contributed by atoms with Crippen LogP contribution in [0.3, 0.4) is 0 Å². The Kier molecular flexibility index (Phi) is 6.49. The van der Waals surface area contributed by atoms with Crippen molar-refractivity contribution in [3.8, 4) is 0 Å². The lowest BCUT2D eigenvalue weighted by Crippen LogP contribution is -2.32. The molecule has 2 amide bonds. The number of rotatable bonds is 7. The van der Waals surface area contributed by atoms with E-state index in [-0.39, 0.29) is 29.2 Å². The number of amides is 2. The van der Waals surface area contributed by atoms with Gasteiger partial charge in [-0.3, -0.25) is 9.59 Å². The molecule has 0 atom stereocenters. The van der Waals surface area contributed by atoms with Gasteiger partial charge in [0.25, 0.3) is 11.8 Å². The van der Waals surface area contributed by atoms with Gasteiger partial charge in [-0.25, -0.2) is 4.98 Å². The minimum Gasteiger partial charge on any atom is -0.351 e. The highest BCUT2D eigenvalue weighted by molar-refractivity contribution is 5.96. The van der Waals surface area contributed by atoms with Crippen LogP contribution in [0.15, 0.2) is 48.5 Å². The molecule has 0 aliphatic heterocycles. The SMILES string of the molecule is CC(C)NC(=O)c1cccc(C(=O)NCCCc2ccccc2)n1. The first-order valence-corrected chi connectivity index (χ1v) is 8.16. The average molecular weight is 325 g/mol. The number of pyridine rings is 1. The van der Waals surface area contributed by atoms with Crippen LogP contribution in [0.1, 0.15) is 46.8 Å². The molecule has 0 fully saturated rings. The van der Waals surface area contributed by atoms with E-state index in [0.29, 0.717) is 6.54 Å². The maximum absolute atomic E-state index is 12.1. The molecule has 0 saturated heterocycles. The highest BCUT2D eigenvalue weighted by atomic mass is 16.2. The first-order valence-electron chi connectivity index (χ1n) is 8.16. The lowest BCUT2D eigenvalue weighted by Gasteiger charge is -2.09. The summed E-state index contributed by atoms with van der Waals surface area (Å²) in [6.45, 7) is 4.32. The summed E-state index contributed by atoms with van der Waals surface area (Å²) in [6, 6.07) is 15.0. The minimum atomic E-state index is -0.274. The smallest absolute Gasteiger partial charge is 0.270 e. The number of aromatic nitrogens is 1. The molecule has 5 nitrogen and oxygen atoms in total. The van der Waals surface area contributed by atoms with E-state index < -0.39 is 0 Å². The Hall–Kier alpha value is -2.69. The zero-order valence-corrected chi connectivity index (χ0v) is 14.1. The summed E-state index contributed by atoms with van der Waals surface area (Å²) >= 11 is 0. The third-order valence-corrected chi connectivity index (χ3v) is 3.40. The summed E-state index contributed by atoms with van der Waals surface area (Å²) < 4.78 is 0. The van der Waals surface area contributed by atoms with Crippen LogP contribution in [-0.4, -0.2) is 29.4 Å². The molecule has 1 aromatic heterocycles. The number of hydrogen-bond donors (Lipinski definition) is 2. The van der Waals surface area contributed by atoms with Gasteiger partial charge in [0.15, 0.2) is 0 Å².